The molecule has 1 atom stereocenters. The highest BCUT2D eigenvalue weighted by atomic mass is 32.2. The van der Waals surface area contributed by atoms with Crippen molar-refractivity contribution in [2.75, 3.05) is 5.75 Å². The Labute approximate surface area is 111 Å². The van der Waals surface area contributed by atoms with Gasteiger partial charge in [-0.3, -0.25) is 4.79 Å². The van der Waals surface area contributed by atoms with Crippen LogP contribution in [0.3, 0.4) is 0 Å². The van der Waals surface area contributed by atoms with Crippen molar-refractivity contribution in [2.45, 2.75) is 11.6 Å². The van der Waals surface area contributed by atoms with E-state index in [9.17, 15) is 22.8 Å². The summed E-state index contributed by atoms with van der Waals surface area (Å²) < 4.78 is 35.7. The quantitative estimate of drug-likeness (QED) is 0.873. The molecule has 0 radical (unpaired) electrons. The highest BCUT2D eigenvalue weighted by Crippen LogP contribution is 2.29. The van der Waals surface area contributed by atoms with Gasteiger partial charge in [-0.1, -0.05) is 30.3 Å². The summed E-state index contributed by atoms with van der Waals surface area (Å²) in [6.07, 6.45) is 0. The number of carboxylic acid groups (broad SMARTS) is 1. The molecule has 0 spiro atoms. The average molecular weight is 293 g/mol. The van der Waals surface area contributed by atoms with Crippen LogP contribution in [0.2, 0.25) is 0 Å². The lowest BCUT2D eigenvalue weighted by atomic mass is 10.1. The first-order valence-electron chi connectivity index (χ1n) is 5.07. The van der Waals surface area contributed by atoms with Crippen molar-refractivity contribution in [3.63, 3.8) is 0 Å². The van der Waals surface area contributed by atoms with Crippen LogP contribution in [0, 0.1) is 0 Å². The Hall–Kier alpha value is -1.70. The SMILES string of the molecule is O=C(CSC(F)(F)F)NC(C(=O)O)c1ccccc1. The first-order chi connectivity index (χ1) is 8.79. The lowest BCUT2D eigenvalue weighted by molar-refractivity contribution is -0.141. The van der Waals surface area contributed by atoms with E-state index in [4.69, 9.17) is 5.11 Å². The zero-order valence-corrected chi connectivity index (χ0v) is 10.3. The minimum absolute atomic E-state index is 0.292. The number of thioether (sulfide) groups is 1. The fourth-order valence-corrected chi connectivity index (χ4v) is 1.66. The van der Waals surface area contributed by atoms with Gasteiger partial charge in [0, 0.05) is 0 Å². The third-order valence-electron chi connectivity index (χ3n) is 2.05. The summed E-state index contributed by atoms with van der Waals surface area (Å²) >= 11 is -0.514. The summed E-state index contributed by atoms with van der Waals surface area (Å²) in [6, 6.07) is 6.38. The van der Waals surface area contributed by atoms with Crippen molar-refractivity contribution in [3.05, 3.63) is 35.9 Å². The lowest BCUT2D eigenvalue weighted by Crippen LogP contribution is -2.35. The minimum Gasteiger partial charge on any atom is -0.479 e. The van der Waals surface area contributed by atoms with E-state index in [0.717, 1.165) is 0 Å². The highest BCUT2D eigenvalue weighted by Gasteiger charge is 2.30. The maximum Gasteiger partial charge on any atom is 0.442 e. The van der Waals surface area contributed by atoms with E-state index >= 15 is 0 Å². The van der Waals surface area contributed by atoms with Crippen LogP contribution in [0.1, 0.15) is 11.6 Å². The molecule has 1 unspecified atom stereocenters. The van der Waals surface area contributed by atoms with Crippen LogP contribution in [0.4, 0.5) is 13.2 Å². The van der Waals surface area contributed by atoms with Gasteiger partial charge in [0.15, 0.2) is 6.04 Å². The van der Waals surface area contributed by atoms with Crippen molar-refractivity contribution < 1.29 is 27.9 Å². The average Bonchev–Trinajstić information content (AvgIpc) is 2.33. The fourth-order valence-electron chi connectivity index (χ4n) is 1.28. The van der Waals surface area contributed by atoms with E-state index in [1.807, 2.05) is 5.32 Å². The van der Waals surface area contributed by atoms with Crippen LogP contribution in [0.25, 0.3) is 0 Å². The molecule has 0 fully saturated rings. The maximum absolute atomic E-state index is 11.9. The first-order valence-corrected chi connectivity index (χ1v) is 6.06. The predicted molar refractivity (Wildman–Crippen MR) is 63.5 cm³/mol. The van der Waals surface area contributed by atoms with E-state index in [1.165, 1.54) is 12.1 Å². The Balaban J connectivity index is 2.65. The van der Waals surface area contributed by atoms with Gasteiger partial charge in [-0.05, 0) is 17.3 Å². The molecule has 0 aliphatic rings. The van der Waals surface area contributed by atoms with E-state index < -0.39 is 40.9 Å². The van der Waals surface area contributed by atoms with Gasteiger partial charge in [0.05, 0.1) is 5.75 Å². The second-order valence-corrected chi connectivity index (χ2v) is 4.52. The molecule has 19 heavy (non-hydrogen) atoms. The zero-order valence-electron chi connectivity index (χ0n) is 9.48. The number of carbonyl (C=O) groups is 2. The van der Waals surface area contributed by atoms with Gasteiger partial charge in [0.1, 0.15) is 0 Å². The van der Waals surface area contributed by atoms with E-state index in [0.29, 0.717) is 5.56 Å². The van der Waals surface area contributed by atoms with Crippen molar-refractivity contribution in [1.82, 2.24) is 5.32 Å². The highest BCUT2D eigenvalue weighted by molar-refractivity contribution is 8.00. The number of carbonyl (C=O) groups excluding carboxylic acids is 1. The smallest absolute Gasteiger partial charge is 0.442 e. The van der Waals surface area contributed by atoms with Crippen LogP contribution >= 0.6 is 11.8 Å². The fraction of sp³-hybridized carbons (Fsp3) is 0.273. The number of amides is 1. The molecule has 104 valence electrons. The largest absolute Gasteiger partial charge is 0.479 e. The molecule has 1 amide bonds. The molecule has 0 aromatic heterocycles. The Morgan fingerprint density at radius 1 is 1.26 bits per heavy atom. The predicted octanol–water partition coefficient (Wildman–Crippen LogP) is 2.18. The third-order valence-corrected chi connectivity index (χ3v) is 2.79. The molecule has 4 nitrogen and oxygen atoms in total. The van der Waals surface area contributed by atoms with Crippen LogP contribution in [0.5, 0.6) is 0 Å². The minimum atomic E-state index is -4.52. The standard InChI is InChI=1S/C11H10F3NO3S/c12-11(13,14)19-6-8(16)15-9(10(17)18)7-4-2-1-3-5-7/h1-5,9H,6H2,(H,15,16)(H,17,18). The monoisotopic (exact) mass is 293 g/mol. The Morgan fingerprint density at radius 3 is 2.32 bits per heavy atom. The molecule has 1 aromatic rings. The summed E-state index contributed by atoms with van der Waals surface area (Å²) in [6.45, 7) is 0. The van der Waals surface area contributed by atoms with Crippen LogP contribution in [-0.2, 0) is 9.59 Å². The zero-order chi connectivity index (χ0) is 14.5. The molecule has 0 saturated heterocycles. The summed E-state index contributed by atoms with van der Waals surface area (Å²) in [5.41, 5.74) is -4.23. The van der Waals surface area contributed by atoms with Crippen LogP contribution in [0.15, 0.2) is 30.3 Å². The number of alkyl halides is 3. The number of aliphatic carboxylic acids is 1. The second-order valence-electron chi connectivity index (χ2n) is 3.48. The molecule has 0 heterocycles. The van der Waals surface area contributed by atoms with Crippen LogP contribution in [-0.4, -0.2) is 28.2 Å². The van der Waals surface area contributed by atoms with Gasteiger partial charge >= 0.3 is 11.5 Å². The van der Waals surface area contributed by atoms with Gasteiger partial charge in [0.2, 0.25) is 5.91 Å². The molecule has 0 aliphatic heterocycles. The molecular formula is C11H10F3NO3S. The maximum atomic E-state index is 11.9. The molecule has 1 aromatic carbocycles. The van der Waals surface area contributed by atoms with E-state index in [2.05, 4.69) is 0 Å². The molecule has 2 N–H and O–H groups in total. The number of hydrogen-bond donors (Lipinski definition) is 2. The number of benzene rings is 1. The summed E-state index contributed by atoms with van der Waals surface area (Å²) in [4.78, 5) is 22.3. The summed E-state index contributed by atoms with van der Waals surface area (Å²) in [5, 5.41) is 11.0. The van der Waals surface area contributed by atoms with Crippen molar-refractivity contribution in [1.29, 1.82) is 0 Å². The van der Waals surface area contributed by atoms with Gasteiger partial charge in [-0.2, -0.15) is 13.2 Å². The Bertz CT molecular complexity index is 450. The number of hydrogen-bond acceptors (Lipinski definition) is 3. The normalized spacial score (nSPS) is 12.8. The van der Waals surface area contributed by atoms with Gasteiger partial charge in [-0.25, -0.2) is 4.79 Å². The van der Waals surface area contributed by atoms with Gasteiger partial charge < -0.3 is 10.4 Å². The lowest BCUT2D eigenvalue weighted by Gasteiger charge is -2.15. The number of carboxylic acids is 1. The summed E-state index contributed by atoms with van der Waals surface area (Å²) in [5.74, 6) is -3.20. The number of halogens is 3. The van der Waals surface area contributed by atoms with Crippen molar-refractivity contribution >= 4 is 23.6 Å². The van der Waals surface area contributed by atoms with Gasteiger partial charge in [0.25, 0.3) is 0 Å². The third kappa shape index (κ3) is 5.64. The van der Waals surface area contributed by atoms with Gasteiger partial charge in [-0.15, -0.1) is 0 Å². The second kappa shape index (κ2) is 6.46. The number of rotatable bonds is 5. The van der Waals surface area contributed by atoms with E-state index in [1.54, 1.807) is 18.2 Å². The topological polar surface area (TPSA) is 66.4 Å². The Kier molecular flexibility index (Phi) is 5.22. The van der Waals surface area contributed by atoms with Crippen molar-refractivity contribution in [2.24, 2.45) is 0 Å². The molecule has 0 saturated carbocycles. The molecular weight excluding hydrogens is 283 g/mol. The molecule has 8 heteroatoms. The molecule has 1 rings (SSSR count). The van der Waals surface area contributed by atoms with Crippen LogP contribution < -0.4 is 5.32 Å². The Morgan fingerprint density at radius 2 is 1.84 bits per heavy atom. The number of nitrogens with one attached hydrogen (secondary N) is 1. The molecule has 0 aliphatic carbocycles. The first kappa shape index (κ1) is 15.4. The summed E-state index contributed by atoms with van der Waals surface area (Å²) in [7, 11) is 0. The van der Waals surface area contributed by atoms with Crippen molar-refractivity contribution in [3.8, 4) is 0 Å². The van der Waals surface area contributed by atoms with E-state index in [-0.39, 0.29) is 0 Å². The molecule has 0 bridgehead atoms.